The largest absolute Gasteiger partial charge is 0.354 e. The maximum atomic E-state index is 11.7. The average Bonchev–Trinajstić information content (AvgIpc) is 2.99. The summed E-state index contributed by atoms with van der Waals surface area (Å²) < 4.78 is 0. The Balaban J connectivity index is 1.68. The predicted molar refractivity (Wildman–Crippen MR) is 72.5 cm³/mol. The normalized spacial score (nSPS) is 9.95. The van der Waals surface area contributed by atoms with Gasteiger partial charge in [-0.05, 0) is 24.1 Å². The van der Waals surface area contributed by atoms with Crippen molar-refractivity contribution in [3.63, 3.8) is 0 Å². The lowest BCUT2D eigenvalue weighted by Gasteiger charge is -2.05. The molecular formula is C14H15N5O. The Kier molecular flexibility index (Phi) is 4.84. The molecule has 102 valence electrons. The van der Waals surface area contributed by atoms with E-state index < -0.39 is 0 Å². The molecule has 0 spiro atoms. The van der Waals surface area contributed by atoms with E-state index in [1.807, 2.05) is 12.1 Å². The van der Waals surface area contributed by atoms with Crippen LogP contribution >= 0.6 is 0 Å². The highest BCUT2D eigenvalue weighted by molar-refractivity contribution is 5.76. The van der Waals surface area contributed by atoms with Gasteiger partial charge in [0.1, 0.15) is 0 Å². The summed E-state index contributed by atoms with van der Waals surface area (Å²) in [6.45, 7) is 1.08. The van der Waals surface area contributed by atoms with E-state index in [-0.39, 0.29) is 5.91 Å². The van der Waals surface area contributed by atoms with Gasteiger partial charge in [0.05, 0.1) is 30.6 Å². The third-order valence-electron chi connectivity index (χ3n) is 2.82. The van der Waals surface area contributed by atoms with Crippen LogP contribution in [0.2, 0.25) is 0 Å². The van der Waals surface area contributed by atoms with E-state index in [0.717, 1.165) is 5.56 Å². The average molecular weight is 269 g/mol. The lowest BCUT2D eigenvalue weighted by molar-refractivity contribution is -0.121. The van der Waals surface area contributed by atoms with Crippen LogP contribution in [-0.2, 0) is 17.8 Å². The molecule has 0 saturated carbocycles. The molecule has 6 nitrogen and oxygen atoms in total. The summed E-state index contributed by atoms with van der Waals surface area (Å²) in [5.74, 6) is 0.00140. The molecule has 1 aromatic heterocycles. The van der Waals surface area contributed by atoms with Crippen LogP contribution in [0, 0.1) is 11.3 Å². The van der Waals surface area contributed by atoms with Crippen LogP contribution in [0.5, 0.6) is 0 Å². The van der Waals surface area contributed by atoms with Gasteiger partial charge < -0.3 is 5.32 Å². The number of amides is 1. The summed E-state index contributed by atoms with van der Waals surface area (Å²) in [6, 6.07) is 9.34. The number of carbonyl (C=O) groups is 1. The minimum absolute atomic E-state index is 0.00140. The van der Waals surface area contributed by atoms with Crippen molar-refractivity contribution < 1.29 is 4.79 Å². The Labute approximate surface area is 117 Å². The number of benzene rings is 1. The fourth-order valence-electron chi connectivity index (χ4n) is 1.75. The van der Waals surface area contributed by atoms with Crippen molar-refractivity contribution in [3.8, 4) is 6.07 Å². The highest BCUT2D eigenvalue weighted by Crippen LogP contribution is 2.05. The number of carbonyl (C=O) groups excluding carboxylic acids is 1. The second-order valence-electron chi connectivity index (χ2n) is 4.28. The number of aryl methyl sites for hydroxylation is 1. The summed E-state index contributed by atoms with van der Waals surface area (Å²) in [5, 5.41) is 19.4. The molecule has 0 aliphatic heterocycles. The monoisotopic (exact) mass is 269 g/mol. The number of nitrogens with zero attached hydrogens (tertiary/aromatic N) is 4. The summed E-state index contributed by atoms with van der Waals surface area (Å²) in [7, 11) is 0. The Morgan fingerprint density at radius 2 is 1.95 bits per heavy atom. The first-order chi connectivity index (χ1) is 9.78. The van der Waals surface area contributed by atoms with E-state index in [0.29, 0.717) is 31.5 Å². The second kappa shape index (κ2) is 7.04. The summed E-state index contributed by atoms with van der Waals surface area (Å²) in [4.78, 5) is 13.2. The van der Waals surface area contributed by atoms with Crippen molar-refractivity contribution in [2.75, 3.05) is 6.54 Å². The maximum Gasteiger partial charge on any atom is 0.220 e. The molecule has 0 atom stereocenters. The van der Waals surface area contributed by atoms with Crippen LogP contribution in [-0.4, -0.2) is 27.4 Å². The zero-order valence-electron chi connectivity index (χ0n) is 11.0. The van der Waals surface area contributed by atoms with Crippen molar-refractivity contribution in [2.24, 2.45) is 0 Å². The van der Waals surface area contributed by atoms with Gasteiger partial charge in [-0.2, -0.15) is 20.3 Å². The number of aromatic nitrogens is 3. The first kappa shape index (κ1) is 13.7. The number of hydrogen-bond acceptors (Lipinski definition) is 4. The molecule has 1 amide bonds. The standard InChI is InChI=1S/C14H15N5O/c15-11-13-3-1-12(2-4-13)5-6-14(20)16-9-10-19-17-7-8-18-19/h1-4,7-8H,5-6,9-10H2,(H,16,20). The fraction of sp³-hybridized carbons (Fsp3) is 0.286. The molecule has 0 aliphatic rings. The fourth-order valence-corrected chi connectivity index (χ4v) is 1.75. The number of nitriles is 1. The predicted octanol–water partition coefficient (Wildman–Crippen LogP) is 0.899. The van der Waals surface area contributed by atoms with E-state index in [1.165, 1.54) is 4.80 Å². The topological polar surface area (TPSA) is 83.6 Å². The van der Waals surface area contributed by atoms with Gasteiger partial charge in [-0.15, -0.1) is 0 Å². The van der Waals surface area contributed by atoms with Crippen LogP contribution in [0.25, 0.3) is 0 Å². The third-order valence-corrected chi connectivity index (χ3v) is 2.82. The van der Waals surface area contributed by atoms with Crippen LogP contribution < -0.4 is 5.32 Å². The molecule has 0 radical (unpaired) electrons. The van der Waals surface area contributed by atoms with Gasteiger partial charge in [0.25, 0.3) is 0 Å². The zero-order valence-corrected chi connectivity index (χ0v) is 11.0. The molecule has 0 unspecified atom stereocenters. The summed E-state index contributed by atoms with van der Waals surface area (Å²) in [6.07, 6.45) is 4.30. The molecule has 1 aromatic carbocycles. The van der Waals surface area contributed by atoms with E-state index in [2.05, 4.69) is 21.6 Å². The molecule has 0 saturated heterocycles. The van der Waals surface area contributed by atoms with Gasteiger partial charge in [0.15, 0.2) is 0 Å². The minimum Gasteiger partial charge on any atom is -0.354 e. The molecule has 2 aromatic rings. The second-order valence-corrected chi connectivity index (χ2v) is 4.28. The number of hydrogen-bond donors (Lipinski definition) is 1. The van der Waals surface area contributed by atoms with Crippen molar-refractivity contribution in [1.82, 2.24) is 20.3 Å². The van der Waals surface area contributed by atoms with Gasteiger partial charge in [0.2, 0.25) is 5.91 Å². The zero-order chi connectivity index (χ0) is 14.2. The van der Waals surface area contributed by atoms with Gasteiger partial charge in [-0.25, -0.2) is 0 Å². The SMILES string of the molecule is N#Cc1ccc(CCC(=O)NCCn2nccn2)cc1. The van der Waals surface area contributed by atoms with Gasteiger partial charge in [-0.1, -0.05) is 12.1 Å². The van der Waals surface area contributed by atoms with Crippen LogP contribution in [0.1, 0.15) is 17.5 Å². The Morgan fingerprint density at radius 3 is 2.60 bits per heavy atom. The van der Waals surface area contributed by atoms with Crippen molar-refractivity contribution >= 4 is 5.91 Å². The van der Waals surface area contributed by atoms with Crippen LogP contribution in [0.4, 0.5) is 0 Å². The summed E-state index contributed by atoms with van der Waals surface area (Å²) in [5.41, 5.74) is 1.68. The Hall–Kier alpha value is -2.68. The highest BCUT2D eigenvalue weighted by Gasteiger charge is 2.02. The van der Waals surface area contributed by atoms with Crippen molar-refractivity contribution in [1.29, 1.82) is 5.26 Å². The molecular weight excluding hydrogens is 254 g/mol. The first-order valence-electron chi connectivity index (χ1n) is 6.38. The lowest BCUT2D eigenvalue weighted by Crippen LogP contribution is -2.27. The van der Waals surface area contributed by atoms with E-state index in [4.69, 9.17) is 5.26 Å². The molecule has 0 aliphatic carbocycles. The van der Waals surface area contributed by atoms with E-state index in [1.54, 1.807) is 24.5 Å². The van der Waals surface area contributed by atoms with Crippen LogP contribution in [0.15, 0.2) is 36.7 Å². The maximum absolute atomic E-state index is 11.7. The van der Waals surface area contributed by atoms with E-state index in [9.17, 15) is 4.79 Å². The molecule has 6 heteroatoms. The van der Waals surface area contributed by atoms with Gasteiger partial charge in [-0.3, -0.25) is 4.79 Å². The Bertz CT molecular complexity index is 583. The first-order valence-corrected chi connectivity index (χ1v) is 6.38. The molecule has 20 heavy (non-hydrogen) atoms. The molecule has 0 fully saturated rings. The molecule has 1 N–H and O–H groups in total. The smallest absolute Gasteiger partial charge is 0.220 e. The Morgan fingerprint density at radius 1 is 1.25 bits per heavy atom. The number of rotatable bonds is 6. The molecule has 2 rings (SSSR count). The molecule has 1 heterocycles. The minimum atomic E-state index is 0.00140. The van der Waals surface area contributed by atoms with E-state index >= 15 is 0 Å². The highest BCUT2D eigenvalue weighted by atomic mass is 16.1. The van der Waals surface area contributed by atoms with Gasteiger partial charge in [0, 0.05) is 13.0 Å². The van der Waals surface area contributed by atoms with Crippen molar-refractivity contribution in [2.45, 2.75) is 19.4 Å². The molecule has 0 bridgehead atoms. The van der Waals surface area contributed by atoms with Crippen molar-refractivity contribution in [3.05, 3.63) is 47.8 Å². The lowest BCUT2D eigenvalue weighted by atomic mass is 10.1. The quantitative estimate of drug-likeness (QED) is 0.844. The third kappa shape index (κ3) is 4.21. The van der Waals surface area contributed by atoms with Crippen LogP contribution in [0.3, 0.4) is 0 Å². The number of nitrogens with one attached hydrogen (secondary N) is 1. The van der Waals surface area contributed by atoms with Gasteiger partial charge >= 0.3 is 0 Å². The summed E-state index contributed by atoms with van der Waals surface area (Å²) >= 11 is 0.